The summed E-state index contributed by atoms with van der Waals surface area (Å²) in [5.74, 6) is -8.11. The number of hydrogen-bond acceptors (Lipinski definition) is 11. The predicted molar refractivity (Wildman–Crippen MR) is 114 cm³/mol. The Morgan fingerprint density at radius 2 is 1.54 bits per heavy atom. The van der Waals surface area contributed by atoms with Crippen LogP contribution in [-0.2, 0) is 11.2 Å². The first-order valence-corrected chi connectivity index (χ1v) is 9.97. The average molecular weight is 490 g/mol. The number of carbonyl (C=O) groups is 1. The highest BCUT2D eigenvalue weighted by molar-refractivity contribution is 5.91. The van der Waals surface area contributed by atoms with Crippen LogP contribution in [0.5, 0.6) is 51.7 Å². The van der Waals surface area contributed by atoms with Crippen molar-refractivity contribution in [3.05, 3.63) is 52.8 Å². The van der Waals surface area contributed by atoms with Crippen molar-refractivity contribution in [1.82, 2.24) is 0 Å². The number of esters is 1. The van der Waals surface area contributed by atoms with Gasteiger partial charge >= 0.3 is 5.97 Å². The molecule has 0 saturated heterocycles. The highest BCUT2D eigenvalue weighted by atomic mass is 19.1. The Morgan fingerprint density at radius 1 is 0.914 bits per heavy atom. The second-order valence-corrected chi connectivity index (χ2v) is 7.67. The van der Waals surface area contributed by atoms with Crippen molar-refractivity contribution in [1.29, 1.82) is 0 Å². The summed E-state index contributed by atoms with van der Waals surface area (Å²) in [6.45, 7) is 0. The summed E-state index contributed by atoms with van der Waals surface area (Å²) in [5, 5.41) is 69.1. The Kier molecular flexibility index (Phi) is 5.73. The summed E-state index contributed by atoms with van der Waals surface area (Å²) >= 11 is 0. The van der Waals surface area contributed by atoms with Gasteiger partial charge < -0.3 is 50.0 Å². The Bertz CT molecular complexity index is 1310. The molecule has 0 aliphatic carbocycles. The van der Waals surface area contributed by atoms with Gasteiger partial charge in [0.25, 0.3) is 0 Å². The molecule has 1 aliphatic rings. The van der Waals surface area contributed by atoms with Gasteiger partial charge in [-0.2, -0.15) is 0 Å². The Hall–Kier alpha value is -4.74. The molecule has 7 N–H and O–H groups in total. The number of methoxy groups -OCH3 is 1. The summed E-state index contributed by atoms with van der Waals surface area (Å²) in [5.41, 5.74) is -0.626. The highest BCUT2D eigenvalue weighted by Gasteiger charge is 2.38. The molecule has 0 bridgehead atoms. The van der Waals surface area contributed by atoms with E-state index in [1.165, 1.54) is 6.07 Å². The average Bonchev–Trinajstić information content (AvgIpc) is 2.79. The minimum absolute atomic E-state index is 0.00183. The second kappa shape index (κ2) is 8.56. The molecule has 0 spiro atoms. The number of rotatable bonds is 4. The van der Waals surface area contributed by atoms with E-state index in [1.807, 2.05) is 0 Å². The van der Waals surface area contributed by atoms with E-state index in [1.54, 1.807) is 0 Å². The van der Waals surface area contributed by atoms with Crippen LogP contribution in [-0.4, -0.2) is 54.9 Å². The number of fused-ring (bicyclic) bond motifs is 1. The molecule has 4 rings (SSSR count). The van der Waals surface area contributed by atoms with Crippen LogP contribution in [0, 0.1) is 5.82 Å². The zero-order valence-corrected chi connectivity index (χ0v) is 17.9. The molecular formula is C23H19FO11. The summed E-state index contributed by atoms with van der Waals surface area (Å²) in [6.07, 6.45) is -2.81. The summed E-state index contributed by atoms with van der Waals surface area (Å²) in [7, 11) is 1.01. The number of halogens is 1. The van der Waals surface area contributed by atoms with Gasteiger partial charge in [0.2, 0.25) is 11.5 Å². The number of phenols is 7. The van der Waals surface area contributed by atoms with E-state index >= 15 is 0 Å². The molecule has 35 heavy (non-hydrogen) atoms. The number of carbonyl (C=O) groups excluding carboxylic acids is 1. The SMILES string of the molecule is COc1c(O)c(O)cc(C(=O)OC2Cc3c(O)cc(O)cc3O[C@@H]2c2cc(O)c(O)c(O)c2)c1F. The molecule has 12 heteroatoms. The van der Waals surface area contributed by atoms with Crippen molar-refractivity contribution in [2.24, 2.45) is 0 Å². The monoisotopic (exact) mass is 490 g/mol. The lowest BCUT2D eigenvalue weighted by molar-refractivity contribution is -0.0193. The molecule has 0 fully saturated rings. The normalized spacial score (nSPS) is 16.7. The molecule has 11 nitrogen and oxygen atoms in total. The maximum atomic E-state index is 14.7. The van der Waals surface area contributed by atoms with E-state index in [4.69, 9.17) is 9.47 Å². The van der Waals surface area contributed by atoms with Crippen molar-refractivity contribution in [3.63, 3.8) is 0 Å². The third kappa shape index (κ3) is 4.05. The summed E-state index contributed by atoms with van der Waals surface area (Å²) in [4.78, 5) is 12.9. The van der Waals surface area contributed by atoms with Gasteiger partial charge in [-0.05, 0) is 12.1 Å². The van der Waals surface area contributed by atoms with Crippen molar-refractivity contribution in [2.75, 3.05) is 7.11 Å². The van der Waals surface area contributed by atoms with Crippen molar-refractivity contribution in [3.8, 4) is 51.7 Å². The van der Waals surface area contributed by atoms with Crippen LogP contribution < -0.4 is 9.47 Å². The second-order valence-electron chi connectivity index (χ2n) is 7.67. The maximum absolute atomic E-state index is 14.7. The standard InChI is InChI=1S/C23H19FO11/c1-33-22-18(24)11(6-15(29)20(22)31)23(32)35-17-7-10-12(26)4-9(25)5-16(10)34-21(17)8-2-13(27)19(30)14(28)3-8/h2-6,17,21,25-31H,7H2,1H3/t17?,21-/m1/s1. The van der Waals surface area contributed by atoms with E-state index < -0.39 is 64.1 Å². The fourth-order valence-electron chi connectivity index (χ4n) is 3.77. The van der Waals surface area contributed by atoms with E-state index in [2.05, 4.69) is 4.74 Å². The molecule has 0 aromatic heterocycles. The van der Waals surface area contributed by atoms with Gasteiger partial charge in [0.05, 0.1) is 7.11 Å². The fraction of sp³-hybridized carbons (Fsp3) is 0.174. The summed E-state index contributed by atoms with van der Waals surface area (Å²) in [6, 6.07) is 4.91. The zero-order chi connectivity index (χ0) is 25.6. The minimum Gasteiger partial charge on any atom is -0.508 e. The van der Waals surface area contributed by atoms with Crippen molar-refractivity contribution in [2.45, 2.75) is 18.6 Å². The third-order valence-corrected chi connectivity index (χ3v) is 5.44. The lowest BCUT2D eigenvalue weighted by Gasteiger charge is -2.34. The van der Waals surface area contributed by atoms with Crippen LogP contribution in [0.2, 0.25) is 0 Å². The first kappa shape index (κ1) is 23.4. The van der Waals surface area contributed by atoms with Crippen LogP contribution in [0.1, 0.15) is 27.6 Å². The zero-order valence-electron chi connectivity index (χ0n) is 17.9. The third-order valence-electron chi connectivity index (χ3n) is 5.44. The summed E-state index contributed by atoms with van der Waals surface area (Å²) < 4.78 is 30.6. The number of ether oxygens (including phenoxy) is 3. The number of hydrogen-bond donors (Lipinski definition) is 7. The fourth-order valence-corrected chi connectivity index (χ4v) is 3.77. The van der Waals surface area contributed by atoms with Gasteiger partial charge in [-0.1, -0.05) is 0 Å². The molecule has 3 aromatic carbocycles. The van der Waals surface area contributed by atoms with Crippen molar-refractivity contribution < 1.29 is 59.1 Å². The molecule has 1 aliphatic heterocycles. The van der Waals surface area contributed by atoms with Gasteiger partial charge in [0.1, 0.15) is 28.9 Å². The number of phenolic OH excluding ortho intramolecular Hbond substituents is 7. The molecule has 2 atom stereocenters. The number of aromatic hydroxyl groups is 7. The quantitative estimate of drug-likeness (QED) is 0.210. The Labute approximate surface area is 196 Å². The van der Waals surface area contributed by atoms with Gasteiger partial charge in [-0.25, -0.2) is 9.18 Å². The van der Waals surface area contributed by atoms with Gasteiger partial charge in [-0.15, -0.1) is 0 Å². The predicted octanol–water partition coefficient (Wildman–Crippen LogP) is 2.68. The maximum Gasteiger partial charge on any atom is 0.341 e. The van der Waals surface area contributed by atoms with Crippen LogP contribution in [0.15, 0.2) is 30.3 Å². The molecule has 1 unspecified atom stereocenters. The van der Waals surface area contributed by atoms with Gasteiger partial charge in [0.15, 0.2) is 34.9 Å². The highest BCUT2D eigenvalue weighted by Crippen LogP contribution is 2.46. The van der Waals surface area contributed by atoms with E-state index in [0.29, 0.717) is 6.07 Å². The van der Waals surface area contributed by atoms with Crippen molar-refractivity contribution >= 4 is 5.97 Å². The van der Waals surface area contributed by atoms with E-state index in [9.17, 15) is 44.9 Å². The topological polar surface area (TPSA) is 186 Å². The molecule has 0 radical (unpaired) electrons. The Morgan fingerprint density at radius 3 is 2.17 bits per heavy atom. The minimum atomic E-state index is -1.31. The molecule has 1 heterocycles. The van der Waals surface area contributed by atoms with Crippen LogP contribution in [0.3, 0.4) is 0 Å². The molecule has 0 saturated carbocycles. The van der Waals surface area contributed by atoms with Gasteiger partial charge in [-0.3, -0.25) is 0 Å². The van der Waals surface area contributed by atoms with Crippen LogP contribution in [0.25, 0.3) is 0 Å². The first-order valence-electron chi connectivity index (χ1n) is 9.97. The lowest BCUT2D eigenvalue weighted by Crippen LogP contribution is -2.35. The first-order chi connectivity index (χ1) is 16.5. The molecule has 184 valence electrons. The van der Waals surface area contributed by atoms with Crippen LogP contribution in [0.4, 0.5) is 4.39 Å². The number of benzene rings is 3. The Balaban J connectivity index is 1.77. The van der Waals surface area contributed by atoms with E-state index in [-0.39, 0.29) is 34.8 Å². The van der Waals surface area contributed by atoms with Crippen LogP contribution >= 0.6 is 0 Å². The molecule has 3 aromatic rings. The van der Waals surface area contributed by atoms with Gasteiger partial charge in [0, 0.05) is 35.7 Å². The largest absolute Gasteiger partial charge is 0.508 e. The molecule has 0 amide bonds. The smallest absolute Gasteiger partial charge is 0.341 e. The van der Waals surface area contributed by atoms with E-state index in [0.717, 1.165) is 25.3 Å². The molecular weight excluding hydrogens is 471 g/mol. The lowest BCUT2D eigenvalue weighted by atomic mass is 9.93.